The van der Waals surface area contributed by atoms with Gasteiger partial charge in [-0.3, -0.25) is 0 Å². The van der Waals surface area contributed by atoms with Crippen LogP contribution < -0.4 is 5.32 Å². The summed E-state index contributed by atoms with van der Waals surface area (Å²) in [5.74, 6) is 0.502. The standard InChI is InChI=1S/C16H21NOS/c1-12(2)16(15-9-6-10-19-15)17-11-14(18)13-7-4-3-5-8-13/h3-10,12,14,16-18H,11H2,1-2H3. The van der Waals surface area contributed by atoms with E-state index in [1.165, 1.54) is 4.88 Å². The lowest BCUT2D eigenvalue weighted by Gasteiger charge is -2.23. The van der Waals surface area contributed by atoms with Gasteiger partial charge in [-0.15, -0.1) is 11.3 Å². The van der Waals surface area contributed by atoms with Crippen LogP contribution in [0.2, 0.25) is 0 Å². The van der Waals surface area contributed by atoms with E-state index in [-0.39, 0.29) is 0 Å². The molecule has 0 aliphatic heterocycles. The number of hydrogen-bond acceptors (Lipinski definition) is 3. The van der Waals surface area contributed by atoms with Crippen LogP contribution in [0.3, 0.4) is 0 Å². The van der Waals surface area contributed by atoms with E-state index in [9.17, 15) is 5.11 Å². The minimum absolute atomic E-state index is 0.304. The minimum Gasteiger partial charge on any atom is -0.387 e. The molecule has 19 heavy (non-hydrogen) atoms. The predicted octanol–water partition coefficient (Wildman–Crippen LogP) is 3.77. The largest absolute Gasteiger partial charge is 0.387 e. The molecular formula is C16H21NOS. The van der Waals surface area contributed by atoms with Gasteiger partial charge in [0.2, 0.25) is 0 Å². The van der Waals surface area contributed by atoms with E-state index in [0.29, 0.717) is 18.5 Å². The van der Waals surface area contributed by atoms with Crippen molar-refractivity contribution in [1.29, 1.82) is 0 Å². The van der Waals surface area contributed by atoms with E-state index < -0.39 is 6.10 Å². The van der Waals surface area contributed by atoms with Crippen LogP contribution in [0.5, 0.6) is 0 Å². The quantitative estimate of drug-likeness (QED) is 0.841. The van der Waals surface area contributed by atoms with Crippen molar-refractivity contribution in [3.8, 4) is 0 Å². The summed E-state index contributed by atoms with van der Waals surface area (Å²) in [6.07, 6.45) is -0.456. The molecule has 2 unspecified atom stereocenters. The highest BCUT2D eigenvalue weighted by Crippen LogP contribution is 2.26. The van der Waals surface area contributed by atoms with Crippen molar-refractivity contribution in [1.82, 2.24) is 5.32 Å². The average Bonchev–Trinajstić information content (AvgIpc) is 2.93. The van der Waals surface area contributed by atoms with Gasteiger partial charge in [0.1, 0.15) is 0 Å². The first-order valence-electron chi connectivity index (χ1n) is 6.68. The van der Waals surface area contributed by atoms with Crippen molar-refractivity contribution in [2.75, 3.05) is 6.54 Å². The number of aliphatic hydroxyl groups excluding tert-OH is 1. The van der Waals surface area contributed by atoms with Crippen LogP contribution in [0, 0.1) is 5.92 Å². The van der Waals surface area contributed by atoms with E-state index in [1.54, 1.807) is 11.3 Å². The van der Waals surface area contributed by atoms with Crippen LogP contribution in [-0.4, -0.2) is 11.7 Å². The van der Waals surface area contributed by atoms with Crippen molar-refractivity contribution in [2.24, 2.45) is 5.92 Å². The lowest BCUT2D eigenvalue weighted by Crippen LogP contribution is -2.29. The molecule has 0 spiro atoms. The summed E-state index contributed by atoms with van der Waals surface area (Å²) in [5.41, 5.74) is 0.962. The van der Waals surface area contributed by atoms with E-state index in [0.717, 1.165) is 5.56 Å². The molecule has 0 amide bonds. The topological polar surface area (TPSA) is 32.3 Å². The molecule has 0 radical (unpaired) electrons. The van der Waals surface area contributed by atoms with E-state index in [2.05, 4.69) is 36.7 Å². The zero-order valence-electron chi connectivity index (χ0n) is 11.4. The highest BCUT2D eigenvalue weighted by atomic mass is 32.1. The summed E-state index contributed by atoms with van der Waals surface area (Å²) < 4.78 is 0. The normalized spacial score (nSPS) is 14.5. The molecule has 2 rings (SSSR count). The molecule has 0 saturated carbocycles. The van der Waals surface area contributed by atoms with Crippen LogP contribution in [0.25, 0.3) is 0 Å². The molecule has 102 valence electrons. The lowest BCUT2D eigenvalue weighted by atomic mass is 10.0. The van der Waals surface area contributed by atoms with Gasteiger partial charge in [0.25, 0.3) is 0 Å². The van der Waals surface area contributed by atoms with Crippen LogP contribution in [0.1, 0.15) is 36.4 Å². The number of benzene rings is 1. The molecule has 1 aromatic carbocycles. The first-order valence-corrected chi connectivity index (χ1v) is 7.56. The van der Waals surface area contributed by atoms with Crippen LogP contribution in [0.15, 0.2) is 47.8 Å². The molecular weight excluding hydrogens is 254 g/mol. The van der Waals surface area contributed by atoms with Gasteiger partial charge in [-0.25, -0.2) is 0 Å². The molecule has 0 aliphatic carbocycles. The molecule has 0 aliphatic rings. The molecule has 1 heterocycles. The third kappa shape index (κ3) is 3.90. The van der Waals surface area contributed by atoms with Gasteiger partial charge < -0.3 is 10.4 Å². The molecule has 2 N–H and O–H groups in total. The van der Waals surface area contributed by atoms with Crippen LogP contribution in [0.4, 0.5) is 0 Å². The molecule has 2 aromatic rings. The summed E-state index contributed by atoms with van der Waals surface area (Å²) in [4.78, 5) is 1.33. The number of hydrogen-bond donors (Lipinski definition) is 2. The Balaban J connectivity index is 1.96. The monoisotopic (exact) mass is 275 g/mol. The third-order valence-electron chi connectivity index (χ3n) is 3.23. The maximum atomic E-state index is 10.2. The Morgan fingerprint density at radius 3 is 2.42 bits per heavy atom. The second-order valence-corrected chi connectivity index (χ2v) is 6.05. The Kier molecular flexibility index (Phi) is 5.14. The zero-order chi connectivity index (χ0) is 13.7. The Hall–Kier alpha value is -1.16. The van der Waals surface area contributed by atoms with Crippen molar-refractivity contribution in [3.05, 3.63) is 58.3 Å². The highest BCUT2D eigenvalue weighted by molar-refractivity contribution is 7.10. The second-order valence-electron chi connectivity index (χ2n) is 5.07. The number of nitrogens with one attached hydrogen (secondary N) is 1. The Bertz CT molecular complexity index is 467. The number of thiophene rings is 1. The van der Waals surface area contributed by atoms with Gasteiger partial charge in [0.05, 0.1) is 6.10 Å². The lowest BCUT2D eigenvalue weighted by molar-refractivity contribution is 0.166. The van der Waals surface area contributed by atoms with E-state index >= 15 is 0 Å². The first kappa shape index (κ1) is 14.3. The number of aliphatic hydroxyl groups is 1. The van der Waals surface area contributed by atoms with Gasteiger partial charge in [-0.05, 0) is 22.9 Å². The molecule has 0 bridgehead atoms. The molecule has 0 fully saturated rings. The summed E-state index contributed by atoms with van der Waals surface area (Å²) in [7, 11) is 0. The van der Waals surface area contributed by atoms with Crippen LogP contribution in [-0.2, 0) is 0 Å². The minimum atomic E-state index is -0.456. The summed E-state index contributed by atoms with van der Waals surface area (Å²) in [6, 6.07) is 14.3. The second kappa shape index (κ2) is 6.85. The fraction of sp³-hybridized carbons (Fsp3) is 0.375. The Morgan fingerprint density at radius 1 is 1.11 bits per heavy atom. The first-order chi connectivity index (χ1) is 9.18. The molecule has 0 saturated heterocycles. The van der Waals surface area contributed by atoms with Crippen LogP contribution >= 0.6 is 11.3 Å². The van der Waals surface area contributed by atoms with Gasteiger partial charge in [-0.1, -0.05) is 50.2 Å². The maximum Gasteiger partial charge on any atom is 0.0914 e. The molecule has 2 nitrogen and oxygen atoms in total. The molecule has 2 atom stereocenters. The maximum absolute atomic E-state index is 10.2. The summed E-state index contributed by atoms with van der Waals surface area (Å²) in [5, 5.41) is 15.8. The van der Waals surface area contributed by atoms with E-state index in [4.69, 9.17) is 0 Å². The highest BCUT2D eigenvalue weighted by Gasteiger charge is 2.18. The van der Waals surface area contributed by atoms with E-state index in [1.807, 2.05) is 30.3 Å². The molecule has 3 heteroatoms. The van der Waals surface area contributed by atoms with Crippen molar-refractivity contribution >= 4 is 11.3 Å². The SMILES string of the molecule is CC(C)C(NCC(O)c1ccccc1)c1cccs1. The summed E-state index contributed by atoms with van der Waals surface area (Å²) >= 11 is 1.76. The van der Waals surface area contributed by atoms with Crippen molar-refractivity contribution in [3.63, 3.8) is 0 Å². The summed E-state index contributed by atoms with van der Waals surface area (Å²) in [6.45, 7) is 4.98. The molecule has 1 aromatic heterocycles. The smallest absolute Gasteiger partial charge is 0.0914 e. The Labute approximate surface area is 119 Å². The zero-order valence-corrected chi connectivity index (χ0v) is 12.2. The average molecular weight is 275 g/mol. The van der Waals surface area contributed by atoms with Crippen molar-refractivity contribution in [2.45, 2.75) is 26.0 Å². The fourth-order valence-electron chi connectivity index (χ4n) is 2.16. The van der Waals surface area contributed by atoms with Gasteiger partial charge in [0, 0.05) is 17.5 Å². The fourth-order valence-corrected chi connectivity index (χ4v) is 3.14. The van der Waals surface area contributed by atoms with Gasteiger partial charge in [0.15, 0.2) is 0 Å². The number of rotatable bonds is 6. The predicted molar refractivity (Wildman–Crippen MR) is 81.3 cm³/mol. The third-order valence-corrected chi connectivity index (χ3v) is 4.19. The Morgan fingerprint density at radius 2 is 1.84 bits per heavy atom. The van der Waals surface area contributed by atoms with Gasteiger partial charge >= 0.3 is 0 Å². The van der Waals surface area contributed by atoms with Crippen molar-refractivity contribution < 1.29 is 5.11 Å². The van der Waals surface area contributed by atoms with Gasteiger partial charge in [-0.2, -0.15) is 0 Å².